The van der Waals surface area contributed by atoms with Crippen LogP contribution >= 0.6 is 121 Å². The van der Waals surface area contributed by atoms with Crippen LogP contribution in [0.25, 0.3) is 0 Å². The van der Waals surface area contributed by atoms with E-state index in [4.69, 9.17) is 58.9 Å². The smallest absolute Gasteiger partial charge is 0.410 e. The fraction of sp³-hybridized carbons (Fsp3) is 0.440. The molecular formula is C91H126Cl5N20O11P3S3. The van der Waals surface area contributed by atoms with Crippen molar-refractivity contribution < 1.29 is 52.1 Å². The number of aromatic nitrogens is 6. The summed E-state index contributed by atoms with van der Waals surface area (Å²) in [6.07, 6.45) is 7.24. The van der Waals surface area contributed by atoms with E-state index in [9.17, 15) is 28.1 Å². The summed E-state index contributed by atoms with van der Waals surface area (Å²) < 4.78 is 62.6. The van der Waals surface area contributed by atoms with Gasteiger partial charge in [-0.05, 0) is 171 Å². The maximum absolute atomic E-state index is 12.8. The van der Waals surface area contributed by atoms with Crippen LogP contribution < -0.4 is 87.4 Å². The molecule has 133 heavy (non-hydrogen) atoms. The van der Waals surface area contributed by atoms with Gasteiger partial charge in [0.1, 0.15) is 84.9 Å². The zero-order valence-electron chi connectivity index (χ0n) is 76.6. The van der Waals surface area contributed by atoms with Crippen LogP contribution in [-0.4, -0.2) is 255 Å². The first-order chi connectivity index (χ1) is 60.9. The number of para-hydroxylation sites is 3. The molecule has 6 fully saturated rings. The number of aryl methyl sites for hydroxylation is 3. The zero-order chi connectivity index (χ0) is 91.7. The van der Waals surface area contributed by atoms with Crippen molar-refractivity contribution in [3.8, 4) is 17.2 Å². The second-order valence-corrected chi connectivity index (χ2v) is 46.1. The van der Waals surface area contributed by atoms with E-state index in [0.29, 0.717) is 130 Å². The predicted octanol–water partition coefficient (Wildman–Crippen LogP) is 16.6. The molecule has 9 aliphatic rings. The second kappa shape index (κ2) is 48.2. The standard InChI is InChI=1S/C32H41ClN7O4P.C27H33ClN7O2P.C24H28ClN6O2P.C4H6O.C2H3ClO.CH4O.CH4.ClH.3H2S/c1-20-13-21(35-30-34-15-24(33)29(37-30)36-25-9-7-8-10-27(25)45(5,6)42)14-26-28(20)40-12-11-38(18-23(40)19-43-26)22-16-39(17-22)31(41)44-32(2,3)4;1-17-10-18(11-23-25(17)35-9-8-34(19-12-29-13-19)15-20(35)16-37-23)31-27-30-14-21(28)26(33-27)32-22-6-4-5-7-24(22)38(2,3)36;1-15-10-16(11-20-22(15)31-9-8-26-12-17(31)14-33-20)28-24-27-13-18(25)23(30-24)29-19-6-4-5-7-21(19)34(2,3)32;5-4-2-1-3-4;1-2(3)4;1-2;;;;;/h7-10,13-15,22-23H,11-12,16-19H2,1-6H3,(H2,34,35,36,37);4-7,10-11,14,19-20,29H,8-9,12-13,15-16H2,1-3H3,(H2,30,31,32,33);4-7,10-11,13,17,26H,8-9,12,14H2,1-3H3,(H2,27,28,29,30);1-3H2;1H3;2H,1H3;1H4;1H;3*1H2/t23-;20-;17-;;;;;;;;/m000......../s1. The first-order valence-electron chi connectivity index (χ1n) is 42.7. The molecule has 42 heteroatoms. The van der Waals surface area contributed by atoms with Crippen LogP contribution in [0.4, 0.5) is 91.3 Å². The van der Waals surface area contributed by atoms with Crippen molar-refractivity contribution in [3.05, 3.63) is 160 Å². The monoisotopic (exact) mass is 2040 g/mol. The number of nitrogens with one attached hydrogen (secondary N) is 8. The summed E-state index contributed by atoms with van der Waals surface area (Å²) in [5, 5.41) is 36.4. The molecule has 9 aromatic rings. The number of piperazine rings is 3. The van der Waals surface area contributed by atoms with Crippen molar-refractivity contribution in [1.82, 2.24) is 55.2 Å². The lowest BCUT2D eigenvalue weighted by atomic mass is 9.99. The summed E-state index contributed by atoms with van der Waals surface area (Å²) in [5.74, 6) is 5.48. The molecule has 9 N–H and O–H groups in total. The third-order valence-corrected chi connectivity index (χ3v) is 28.2. The maximum Gasteiger partial charge on any atom is 0.410 e. The van der Waals surface area contributed by atoms with Crippen LogP contribution in [0.15, 0.2) is 128 Å². The highest BCUT2D eigenvalue weighted by atomic mass is 35.5. The van der Waals surface area contributed by atoms with Crippen LogP contribution in [0.1, 0.15) is 71.1 Å². The first kappa shape index (κ1) is 110. The molecule has 0 radical (unpaired) electrons. The summed E-state index contributed by atoms with van der Waals surface area (Å²) in [7, 11) is -6.51. The topological polar surface area (TPSA) is 353 Å². The molecule has 6 aromatic carbocycles. The molecule has 0 spiro atoms. The highest BCUT2D eigenvalue weighted by molar-refractivity contribution is 7.71. The minimum absolute atomic E-state index is 0. The van der Waals surface area contributed by atoms with E-state index in [1.54, 1.807) is 63.5 Å². The number of hydrogen-bond donors (Lipinski definition) is 9. The lowest BCUT2D eigenvalue weighted by molar-refractivity contribution is -0.123. The van der Waals surface area contributed by atoms with Gasteiger partial charge in [0.25, 0.3) is 0 Å². The zero-order valence-corrected chi connectivity index (χ0v) is 86.1. The third kappa shape index (κ3) is 28.3. The van der Waals surface area contributed by atoms with Crippen LogP contribution in [-0.2, 0) is 28.0 Å². The van der Waals surface area contributed by atoms with Gasteiger partial charge in [-0.15, -0.1) is 12.4 Å². The number of ether oxygens (including phenoxy) is 4. The molecule has 1 amide bonds. The molecule has 1 aliphatic carbocycles. The Hall–Kier alpha value is -8.24. The number of anilines is 15. The number of amides is 1. The number of benzene rings is 6. The minimum Gasteiger partial charge on any atom is -0.489 e. The molecule has 1 saturated carbocycles. The molecule has 18 rings (SSSR count). The second-order valence-electron chi connectivity index (χ2n) is 34.8. The molecule has 3 aromatic heterocycles. The number of aliphatic hydroxyl groups excluding tert-OH is 1. The third-order valence-electron chi connectivity index (χ3n) is 22.8. The fourth-order valence-corrected chi connectivity index (χ4v) is 20.3. The van der Waals surface area contributed by atoms with Crippen LogP contribution in [0, 0.1) is 20.8 Å². The molecule has 0 unspecified atom stereocenters. The van der Waals surface area contributed by atoms with Crippen LogP contribution in [0.2, 0.25) is 15.1 Å². The largest absolute Gasteiger partial charge is 0.489 e. The quantitative estimate of drug-likeness (QED) is 0.0302. The van der Waals surface area contributed by atoms with Gasteiger partial charge < -0.3 is 99.9 Å². The Labute approximate surface area is 827 Å². The number of carbonyl (C=O) groups is 3. The number of rotatable bonds is 17. The molecule has 31 nitrogen and oxygen atoms in total. The number of hydrogen-bond acceptors (Lipinski definition) is 30. The van der Waals surface area contributed by atoms with Crippen LogP contribution in [0.5, 0.6) is 17.2 Å². The number of Topliss-reactive ketones (excluding diaryl/α,β-unsaturated/α-hetero) is 1. The van der Waals surface area contributed by atoms with E-state index in [1.165, 1.54) is 12.6 Å². The molecule has 8 aliphatic heterocycles. The van der Waals surface area contributed by atoms with Gasteiger partial charge in [-0.2, -0.15) is 55.4 Å². The number of likely N-dealkylation sites (tertiary alicyclic amines) is 1. The number of halogens is 5. The van der Waals surface area contributed by atoms with E-state index in [-0.39, 0.29) is 77.7 Å². The average molecular weight is 2040 g/mol. The predicted molar refractivity (Wildman–Crippen MR) is 564 cm³/mol. The van der Waals surface area contributed by atoms with Gasteiger partial charge in [-0.25, -0.2) is 19.7 Å². The summed E-state index contributed by atoms with van der Waals surface area (Å²) >= 11 is 23.9. The Morgan fingerprint density at radius 2 is 0.812 bits per heavy atom. The summed E-state index contributed by atoms with van der Waals surface area (Å²) in [4.78, 5) is 72.7. The Morgan fingerprint density at radius 1 is 0.489 bits per heavy atom. The Kier molecular flexibility index (Phi) is 39.9. The van der Waals surface area contributed by atoms with Crippen molar-refractivity contribution in [2.75, 3.05) is 199 Å². The summed E-state index contributed by atoms with van der Waals surface area (Å²) in [6.45, 7) is 37.9. The van der Waals surface area contributed by atoms with E-state index < -0.39 is 27.0 Å². The SMILES string of the molecule is C.CC(=O)Cl.CO.Cc1cc(Nc2ncc(Cl)c(Nc3ccccc3P(C)(C)=O)n2)cc2c1N1CCN(C3CN(C(=O)OC(C)(C)C)C3)C[C@H]1CO2.Cc1cc(Nc2ncc(Cl)c(Nc3ccccc3P(C)(C)=O)n2)cc2c1N1CCN(C3CNC3)C[C@H]1CO2.Cc1cc(Nc2ncc(Cl)c(Nc3ccccc3P(C)(C)=O)n2)cc2c1N1CCNC[C@H]1CO2.Cl.O=C1CCC1.S.S.S. The minimum atomic E-state index is -2.53. The number of nitrogens with zero attached hydrogens (tertiary/aromatic N) is 12. The summed E-state index contributed by atoms with van der Waals surface area (Å²) in [5.41, 5.74) is 11.0. The molecule has 3 atom stereocenters. The normalized spacial score (nSPS) is 17.5. The average Bonchev–Trinajstić information content (AvgIpc) is 0.752. The van der Waals surface area contributed by atoms with Crippen molar-refractivity contribution in [2.24, 2.45) is 0 Å². The van der Waals surface area contributed by atoms with Gasteiger partial charge in [-0.1, -0.05) is 78.6 Å². The highest BCUT2D eigenvalue weighted by Gasteiger charge is 2.43. The van der Waals surface area contributed by atoms with Crippen molar-refractivity contribution in [3.63, 3.8) is 0 Å². The van der Waals surface area contributed by atoms with E-state index in [0.717, 1.165) is 177 Å². The molecule has 5 saturated heterocycles. The highest BCUT2D eigenvalue weighted by Crippen LogP contribution is 2.47. The summed E-state index contributed by atoms with van der Waals surface area (Å²) in [6, 6.07) is 36.7. The van der Waals surface area contributed by atoms with Gasteiger partial charge in [0.2, 0.25) is 23.1 Å². The van der Waals surface area contributed by atoms with Gasteiger partial charge in [0.05, 0.1) is 70.8 Å². The van der Waals surface area contributed by atoms with Gasteiger partial charge in [-0.3, -0.25) is 19.4 Å². The molecular weight excluding hydrogens is 1920 g/mol. The number of aliphatic hydroxyl groups is 1. The van der Waals surface area contributed by atoms with Gasteiger partial charge in [0.15, 0.2) is 17.5 Å². The Morgan fingerprint density at radius 3 is 1.13 bits per heavy atom. The molecule has 11 heterocycles. The Balaban J connectivity index is 0.000000229. The van der Waals surface area contributed by atoms with E-state index >= 15 is 0 Å². The number of carbonyl (C=O) groups excluding carboxylic acids is 3. The molecule has 0 bridgehead atoms. The van der Waals surface area contributed by atoms with Crippen molar-refractivity contribution in [2.45, 2.75) is 111 Å². The maximum atomic E-state index is 12.8. The number of ketones is 1. The van der Waals surface area contributed by atoms with Gasteiger partial charge in [0, 0.05) is 175 Å². The van der Waals surface area contributed by atoms with Gasteiger partial charge >= 0.3 is 6.09 Å². The van der Waals surface area contributed by atoms with E-state index in [1.807, 2.05) is 112 Å². The van der Waals surface area contributed by atoms with E-state index in [2.05, 4.69) is 148 Å². The van der Waals surface area contributed by atoms with Crippen LogP contribution in [0.3, 0.4) is 0 Å². The van der Waals surface area contributed by atoms with Crippen molar-refractivity contribution in [1.29, 1.82) is 0 Å². The van der Waals surface area contributed by atoms with Crippen molar-refractivity contribution >= 4 is 240 Å². The lowest BCUT2D eigenvalue weighted by Crippen LogP contribution is -2.67. The Bertz CT molecular complexity index is 5700. The lowest BCUT2D eigenvalue weighted by Gasteiger charge is -2.52. The first-order valence-corrected chi connectivity index (χ1v) is 52.0. The fourth-order valence-electron chi connectivity index (χ4n) is 16.4. The molecule has 724 valence electrons. The number of fused-ring (bicyclic) bond motifs is 9.